The fraction of sp³-hybridized carbons (Fsp3) is 0.154. The zero-order valence-corrected chi connectivity index (χ0v) is 10.3. The zero-order valence-electron chi connectivity index (χ0n) is 10.3. The highest BCUT2D eigenvalue weighted by Gasteiger charge is 2.09. The van der Waals surface area contributed by atoms with Gasteiger partial charge in [-0.3, -0.25) is 5.32 Å². The molecule has 0 saturated carbocycles. The average Bonchev–Trinajstić information content (AvgIpc) is 2.85. The molecule has 98 valence electrons. The van der Waals surface area contributed by atoms with Crippen molar-refractivity contribution in [1.29, 1.82) is 0 Å². The summed E-state index contributed by atoms with van der Waals surface area (Å²) in [5.41, 5.74) is 1.06. The van der Waals surface area contributed by atoms with Gasteiger partial charge in [0.25, 0.3) is 0 Å². The third-order valence-electron chi connectivity index (χ3n) is 2.29. The van der Waals surface area contributed by atoms with E-state index in [9.17, 15) is 4.79 Å². The molecular formula is C13H14N4O2. The van der Waals surface area contributed by atoms with Crippen LogP contribution >= 0.6 is 0 Å². The van der Waals surface area contributed by atoms with Gasteiger partial charge in [0.15, 0.2) is 0 Å². The van der Waals surface area contributed by atoms with Crippen molar-refractivity contribution in [2.24, 2.45) is 0 Å². The summed E-state index contributed by atoms with van der Waals surface area (Å²) < 4.78 is 5.32. The van der Waals surface area contributed by atoms with E-state index >= 15 is 0 Å². The van der Waals surface area contributed by atoms with E-state index in [1.54, 1.807) is 6.08 Å². The van der Waals surface area contributed by atoms with Gasteiger partial charge in [-0.15, -0.1) is 11.7 Å². The molecule has 6 heteroatoms. The second kappa shape index (κ2) is 6.34. The third kappa shape index (κ3) is 3.95. The van der Waals surface area contributed by atoms with Gasteiger partial charge >= 0.3 is 12.0 Å². The molecule has 2 amide bonds. The Kier molecular flexibility index (Phi) is 4.28. The van der Waals surface area contributed by atoms with Crippen LogP contribution in [0.15, 0.2) is 47.4 Å². The van der Waals surface area contributed by atoms with Crippen molar-refractivity contribution in [3.8, 4) is 0 Å². The molecule has 1 heterocycles. The predicted octanol–water partition coefficient (Wildman–Crippen LogP) is 1.97. The molecule has 2 N–H and O–H groups in total. The first-order valence-electron chi connectivity index (χ1n) is 5.80. The maximum absolute atomic E-state index is 11.3. The molecule has 0 aliphatic carbocycles. The monoisotopic (exact) mass is 258 g/mol. The van der Waals surface area contributed by atoms with Crippen molar-refractivity contribution in [2.75, 3.05) is 11.9 Å². The van der Waals surface area contributed by atoms with Crippen LogP contribution in [0.25, 0.3) is 0 Å². The standard InChI is InChI=1S/C13H14N4O2/c1-2-8-14-12(18)15-13-17-16-11(19-13)9-10-6-4-3-5-7-10/h2-7H,1,8-9H2,(H2,14,15,17,18). The molecule has 0 aliphatic rings. The van der Waals surface area contributed by atoms with E-state index in [1.807, 2.05) is 30.3 Å². The highest BCUT2D eigenvalue weighted by atomic mass is 16.4. The molecule has 0 bridgehead atoms. The van der Waals surface area contributed by atoms with Crippen LogP contribution in [0.4, 0.5) is 10.8 Å². The van der Waals surface area contributed by atoms with Gasteiger partial charge in [-0.1, -0.05) is 41.5 Å². The van der Waals surface area contributed by atoms with Crippen LogP contribution in [0.5, 0.6) is 0 Å². The second-order valence-electron chi connectivity index (χ2n) is 3.79. The maximum atomic E-state index is 11.3. The lowest BCUT2D eigenvalue weighted by atomic mass is 10.2. The summed E-state index contributed by atoms with van der Waals surface area (Å²) in [6.07, 6.45) is 2.11. The molecule has 2 rings (SSSR count). The summed E-state index contributed by atoms with van der Waals surface area (Å²) in [5, 5.41) is 12.6. The third-order valence-corrected chi connectivity index (χ3v) is 2.29. The number of urea groups is 1. The minimum absolute atomic E-state index is 0.0764. The largest absolute Gasteiger partial charge is 0.407 e. The van der Waals surface area contributed by atoms with Crippen molar-refractivity contribution in [2.45, 2.75) is 6.42 Å². The Balaban J connectivity index is 1.92. The van der Waals surface area contributed by atoms with Gasteiger partial charge in [-0.2, -0.15) is 0 Å². The Morgan fingerprint density at radius 3 is 2.84 bits per heavy atom. The number of nitrogens with one attached hydrogen (secondary N) is 2. The molecule has 6 nitrogen and oxygen atoms in total. The number of hydrogen-bond donors (Lipinski definition) is 2. The molecule has 2 aromatic rings. The highest BCUT2D eigenvalue weighted by molar-refractivity contribution is 5.86. The quantitative estimate of drug-likeness (QED) is 0.803. The van der Waals surface area contributed by atoms with Crippen LogP contribution in [0.2, 0.25) is 0 Å². The molecule has 1 aromatic heterocycles. The van der Waals surface area contributed by atoms with Crippen molar-refractivity contribution in [3.05, 3.63) is 54.4 Å². The van der Waals surface area contributed by atoms with Gasteiger partial charge in [0.2, 0.25) is 5.89 Å². The van der Waals surface area contributed by atoms with E-state index in [0.717, 1.165) is 5.56 Å². The smallest absolute Gasteiger partial charge is 0.323 e. The van der Waals surface area contributed by atoms with Gasteiger partial charge in [-0.05, 0) is 5.56 Å². The topological polar surface area (TPSA) is 80.0 Å². The first-order chi connectivity index (χ1) is 9.28. The van der Waals surface area contributed by atoms with Crippen LogP contribution in [0.3, 0.4) is 0 Å². The van der Waals surface area contributed by atoms with Gasteiger partial charge in [0, 0.05) is 6.54 Å². The molecule has 0 spiro atoms. The summed E-state index contributed by atoms with van der Waals surface area (Å²) in [6.45, 7) is 3.87. The van der Waals surface area contributed by atoms with E-state index < -0.39 is 6.03 Å². The Morgan fingerprint density at radius 1 is 1.32 bits per heavy atom. The van der Waals surface area contributed by atoms with Gasteiger partial charge in [-0.25, -0.2) is 4.79 Å². The van der Waals surface area contributed by atoms with E-state index in [2.05, 4.69) is 27.4 Å². The van der Waals surface area contributed by atoms with E-state index in [4.69, 9.17) is 4.42 Å². The molecule has 0 saturated heterocycles. The van der Waals surface area contributed by atoms with Gasteiger partial charge in [0.05, 0.1) is 6.42 Å². The minimum Gasteiger partial charge on any atom is -0.407 e. The van der Waals surface area contributed by atoms with Crippen LogP contribution < -0.4 is 10.6 Å². The molecular weight excluding hydrogens is 244 g/mol. The fourth-order valence-electron chi connectivity index (χ4n) is 1.45. The predicted molar refractivity (Wildman–Crippen MR) is 70.8 cm³/mol. The minimum atomic E-state index is -0.408. The lowest BCUT2D eigenvalue weighted by molar-refractivity contribution is 0.252. The molecule has 0 unspecified atom stereocenters. The summed E-state index contributed by atoms with van der Waals surface area (Å²) in [7, 11) is 0. The van der Waals surface area contributed by atoms with Gasteiger partial charge in [0.1, 0.15) is 0 Å². The number of anilines is 1. The van der Waals surface area contributed by atoms with E-state index in [0.29, 0.717) is 18.9 Å². The molecule has 0 aliphatic heterocycles. The first-order valence-corrected chi connectivity index (χ1v) is 5.80. The van der Waals surface area contributed by atoms with E-state index in [1.165, 1.54) is 0 Å². The number of nitrogens with zero attached hydrogens (tertiary/aromatic N) is 2. The van der Waals surface area contributed by atoms with Crippen LogP contribution in [0.1, 0.15) is 11.5 Å². The lowest BCUT2D eigenvalue weighted by Crippen LogP contribution is -2.28. The second-order valence-corrected chi connectivity index (χ2v) is 3.79. The van der Waals surface area contributed by atoms with Crippen LogP contribution in [-0.2, 0) is 6.42 Å². The Bertz CT molecular complexity index is 551. The zero-order chi connectivity index (χ0) is 13.5. The summed E-state index contributed by atoms with van der Waals surface area (Å²) in [6, 6.07) is 9.42. The van der Waals surface area contributed by atoms with E-state index in [-0.39, 0.29) is 6.01 Å². The molecule has 0 fully saturated rings. The van der Waals surface area contributed by atoms with Crippen LogP contribution in [0, 0.1) is 0 Å². The van der Waals surface area contributed by atoms with Crippen molar-refractivity contribution >= 4 is 12.0 Å². The van der Waals surface area contributed by atoms with Crippen molar-refractivity contribution in [3.63, 3.8) is 0 Å². The maximum Gasteiger partial charge on any atom is 0.323 e. The SMILES string of the molecule is C=CCNC(=O)Nc1nnc(Cc2ccccc2)o1. The molecule has 19 heavy (non-hydrogen) atoms. The number of aromatic nitrogens is 2. The fourth-order valence-corrected chi connectivity index (χ4v) is 1.45. The molecule has 1 aromatic carbocycles. The number of carbonyl (C=O) groups excluding carboxylic acids is 1. The van der Waals surface area contributed by atoms with Gasteiger partial charge < -0.3 is 9.73 Å². The molecule has 0 atom stereocenters. The number of rotatable bonds is 5. The summed E-state index contributed by atoms with van der Waals surface area (Å²) in [4.78, 5) is 11.3. The Morgan fingerprint density at radius 2 is 2.11 bits per heavy atom. The Hall–Kier alpha value is -2.63. The van der Waals surface area contributed by atoms with Crippen molar-refractivity contribution in [1.82, 2.24) is 15.5 Å². The summed E-state index contributed by atoms with van der Waals surface area (Å²) in [5.74, 6) is 0.449. The average molecular weight is 258 g/mol. The molecule has 0 radical (unpaired) electrons. The summed E-state index contributed by atoms with van der Waals surface area (Å²) >= 11 is 0. The number of hydrogen-bond acceptors (Lipinski definition) is 4. The number of amides is 2. The lowest BCUT2D eigenvalue weighted by Gasteiger charge is -2.00. The van der Waals surface area contributed by atoms with Crippen LogP contribution in [-0.4, -0.2) is 22.8 Å². The normalized spacial score (nSPS) is 9.89. The van der Waals surface area contributed by atoms with Crippen molar-refractivity contribution < 1.29 is 9.21 Å². The number of benzene rings is 1. The number of carbonyl (C=O) groups is 1. The first kappa shape index (κ1) is 12.8. The highest BCUT2D eigenvalue weighted by Crippen LogP contribution is 2.10. The Labute approximate surface area is 110 Å².